The molecule has 0 aliphatic carbocycles. The predicted molar refractivity (Wildman–Crippen MR) is 99.0 cm³/mol. The van der Waals surface area contributed by atoms with Crippen LogP contribution in [-0.4, -0.2) is 33.0 Å². The molecule has 0 saturated heterocycles. The maximum atomic E-state index is 5.34. The third kappa shape index (κ3) is 2.56. The van der Waals surface area contributed by atoms with Gasteiger partial charge >= 0.3 is 0 Å². The number of hydrogen-bond acceptors (Lipinski definition) is 2. The van der Waals surface area contributed by atoms with Gasteiger partial charge in [-0.15, -0.1) is 0 Å². The van der Waals surface area contributed by atoms with Crippen molar-refractivity contribution in [3.05, 3.63) is 48.3 Å². The Morgan fingerprint density at radius 2 is 1.50 bits per heavy atom. The summed E-state index contributed by atoms with van der Waals surface area (Å²) in [6, 6.07) is 10.7. The number of rotatable bonds is 5. The first-order chi connectivity index (χ1) is 10.1. The molecule has 1 heterocycles. The summed E-state index contributed by atoms with van der Waals surface area (Å²) in [7, 11) is -1.53. The zero-order valence-corrected chi connectivity index (χ0v) is 16.8. The van der Waals surface area contributed by atoms with Crippen molar-refractivity contribution in [3.63, 3.8) is 0 Å². The van der Waals surface area contributed by atoms with Crippen molar-refractivity contribution in [2.45, 2.75) is 44.1 Å². The third-order valence-corrected chi connectivity index (χ3v) is 14.4. The fourth-order valence-electron chi connectivity index (χ4n) is 4.11. The van der Waals surface area contributed by atoms with Gasteiger partial charge in [-0.25, -0.2) is 0 Å². The van der Waals surface area contributed by atoms with Crippen LogP contribution >= 0.6 is 0 Å². The Hall–Kier alpha value is -1.34. The van der Waals surface area contributed by atoms with Crippen molar-refractivity contribution in [3.8, 4) is 5.75 Å². The van der Waals surface area contributed by atoms with E-state index in [1.54, 1.807) is 7.11 Å². The molecule has 0 bridgehead atoms. The number of ether oxygens (including phenoxy) is 1. The lowest BCUT2D eigenvalue weighted by Crippen LogP contribution is -2.68. The topological polar surface area (TPSA) is 27.1 Å². The number of methoxy groups -OCH3 is 1. The van der Waals surface area contributed by atoms with Crippen LogP contribution in [-0.2, 0) is 4.79 Å². The van der Waals surface area contributed by atoms with E-state index in [2.05, 4.69) is 74.4 Å². The zero-order chi connectivity index (χ0) is 16.6. The van der Waals surface area contributed by atoms with Crippen LogP contribution in [0.2, 0.25) is 39.3 Å². The van der Waals surface area contributed by atoms with Gasteiger partial charge in [-0.2, -0.15) is 5.10 Å². The Kier molecular flexibility index (Phi) is 4.41. The molecule has 0 aliphatic heterocycles. The highest BCUT2D eigenvalue weighted by Crippen LogP contribution is 2.43. The standard InChI is InChI=1S/C17H28N2OSi2/c1-20-16-11-9-15(10-12-16)17(21(2,3)4,22(5,6)7)19-14-8-13-18-19/h8-14H,1-7H3. The van der Waals surface area contributed by atoms with Gasteiger partial charge in [-0.1, -0.05) is 51.4 Å². The van der Waals surface area contributed by atoms with E-state index in [1.807, 2.05) is 12.3 Å². The van der Waals surface area contributed by atoms with Crippen LogP contribution < -0.4 is 4.74 Å². The highest BCUT2D eigenvalue weighted by molar-refractivity contribution is 6.98. The molecule has 0 fully saturated rings. The van der Waals surface area contributed by atoms with E-state index in [1.165, 1.54) is 5.56 Å². The maximum absolute atomic E-state index is 5.34. The number of benzene rings is 1. The summed E-state index contributed by atoms with van der Waals surface area (Å²) in [5.74, 6) is 0.907. The van der Waals surface area contributed by atoms with Crippen LogP contribution in [0.1, 0.15) is 5.56 Å². The van der Waals surface area contributed by atoms with Crippen LogP contribution in [0, 0.1) is 0 Å². The second-order valence-electron chi connectivity index (χ2n) is 7.89. The first kappa shape index (κ1) is 17.0. The molecule has 120 valence electrons. The van der Waals surface area contributed by atoms with Gasteiger partial charge in [-0.3, -0.25) is 4.68 Å². The van der Waals surface area contributed by atoms with Crippen molar-refractivity contribution in [2.24, 2.45) is 0 Å². The molecule has 0 atom stereocenters. The van der Waals surface area contributed by atoms with Gasteiger partial charge in [0, 0.05) is 12.4 Å². The van der Waals surface area contributed by atoms with E-state index < -0.39 is 16.1 Å². The van der Waals surface area contributed by atoms with Crippen LogP contribution in [0.15, 0.2) is 42.7 Å². The molecule has 0 saturated carbocycles. The van der Waals surface area contributed by atoms with Crippen LogP contribution in [0.25, 0.3) is 0 Å². The lowest BCUT2D eigenvalue weighted by Gasteiger charge is -2.52. The molecule has 22 heavy (non-hydrogen) atoms. The highest BCUT2D eigenvalue weighted by atomic mass is 28.4. The molecule has 0 unspecified atom stereocenters. The first-order valence-electron chi connectivity index (χ1n) is 7.79. The van der Waals surface area contributed by atoms with Crippen molar-refractivity contribution in [1.82, 2.24) is 9.78 Å². The van der Waals surface area contributed by atoms with E-state index >= 15 is 0 Å². The minimum absolute atomic E-state index is 0.00969. The minimum Gasteiger partial charge on any atom is -0.497 e. The van der Waals surface area contributed by atoms with Gasteiger partial charge in [-0.05, 0) is 23.8 Å². The van der Waals surface area contributed by atoms with E-state index in [0.717, 1.165) is 5.75 Å². The molecular formula is C17H28N2OSi2. The summed E-state index contributed by atoms with van der Waals surface area (Å²) >= 11 is 0. The van der Waals surface area contributed by atoms with Gasteiger partial charge in [0.1, 0.15) is 5.75 Å². The third-order valence-electron chi connectivity index (χ3n) is 4.53. The van der Waals surface area contributed by atoms with Gasteiger partial charge in [0.15, 0.2) is 0 Å². The Morgan fingerprint density at radius 1 is 0.955 bits per heavy atom. The monoisotopic (exact) mass is 332 g/mol. The lowest BCUT2D eigenvalue weighted by molar-refractivity contribution is 0.414. The Labute approximate surface area is 136 Å². The summed E-state index contributed by atoms with van der Waals surface area (Å²) in [6.07, 6.45) is 4.04. The Morgan fingerprint density at radius 3 is 1.86 bits per heavy atom. The van der Waals surface area contributed by atoms with E-state index in [0.29, 0.717) is 0 Å². The highest BCUT2D eigenvalue weighted by Gasteiger charge is 2.55. The van der Waals surface area contributed by atoms with Crippen molar-refractivity contribution < 1.29 is 4.74 Å². The van der Waals surface area contributed by atoms with Gasteiger partial charge in [0.2, 0.25) is 0 Å². The fourth-order valence-corrected chi connectivity index (χ4v) is 16.8. The second kappa shape index (κ2) is 5.70. The first-order valence-corrected chi connectivity index (χ1v) is 14.8. The smallest absolute Gasteiger partial charge is 0.118 e. The summed E-state index contributed by atoms with van der Waals surface area (Å²) in [4.78, 5) is 0.00969. The molecule has 0 N–H and O–H groups in total. The average Bonchev–Trinajstić information content (AvgIpc) is 2.91. The van der Waals surface area contributed by atoms with Crippen LogP contribution in [0.5, 0.6) is 5.75 Å². The fraction of sp³-hybridized carbons (Fsp3) is 0.471. The van der Waals surface area contributed by atoms with Gasteiger partial charge in [0.05, 0.1) is 28.0 Å². The summed E-state index contributed by atoms with van der Waals surface area (Å²) in [5.41, 5.74) is 1.37. The molecule has 5 heteroatoms. The normalized spacial score (nSPS) is 13.2. The lowest BCUT2D eigenvalue weighted by atomic mass is 10.2. The molecule has 0 aliphatic rings. The van der Waals surface area contributed by atoms with Gasteiger partial charge < -0.3 is 4.74 Å². The second-order valence-corrected chi connectivity index (χ2v) is 18.8. The molecular weight excluding hydrogens is 304 g/mol. The maximum Gasteiger partial charge on any atom is 0.118 e. The zero-order valence-electron chi connectivity index (χ0n) is 14.8. The predicted octanol–water partition coefficient (Wildman–Crippen LogP) is 4.39. The van der Waals surface area contributed by atoms with E-state index in [4.69, 9.17) is 9.84 Å². The summed E-state index contributed by atoms with van der Waals surface area (Å²) in [5, 5.41) is 4.70. The Balaban J connectivity index is 2.78. The van der Waals surface area contributed by atoms with Gasteiger partial charge in [0.25, 0.3) is 0 Å². The summed E-state index contributed by atoms with van der Waals surface area (Å²) in [6.45, 7) is 14.7. The number of nitrogens with zero attached hydrogens (tertiary/aromatic N) is 2. The molecule has 2 rings (SSSR count). The molecule has 1 aromatic heterocycles. The molecule has 1 aromatic carbocycles. The SMILES string of the molecule is COc1ccc(C(n2cccn2)([Si](C)(C)C)[Si](C)(C)C)cc1. The van der Waals surface area contributed by atoms with Crippen molar-refractivity contribution in [2.75, 3.05) is 7.11 Å². The molecule has 0 amide bonds. The van der Waals surface area contributed by atoms with E-state index in [9.17, 15) is 0 Å². The van der Waals surface area contributed by atoms with E-state index in [-0.39, 0.29) is 4.79 Å². The number of aromatic nitrogens is 2. The average molecular weight is 333 g/mol. The Bertz CT molecular complexity index is 594. The minimum atomic E-state index is -1.62. The van der Waals surface area contributed by atoms with Crippen molar-refractivity contribution in [1.29, 1.82) is 0 Å². The molecule has 3 nitrogen and oxygen atoms in total. The molecule has 0 radical (unpaired) electrons. The quantitative estimate of drug-likeness (QED) is 0.759. The number of hydrogen-bond donors (Lipinski definition) is 0. The van der Waals surface area contributed by atoms with Crippen LogP contribution in [0.3, 0.4) is 0 Å². The summed E-state index contributed by atoms with van der Waals surface area (Å²) < 4.78 is 7.59. The molecule has 0 spiro atoms. The largest absolute Gasteiger partial charge is 0.497 e. The van der Waals surface area contributed by atoms with Crippen LogP contribution in [0.4, 0.5) is 0 Å². The molecule has 2 aromatic rings. The van der Waals surface area contributed by atoms with Crippen molar-refractivity contribution >= 4 is 16.1 Å².